The smallest absolute Gasteiger partial charge is 0.369 e. The van der Waals surface area contributed by atoms with Gasteiger partial charge in [-0.2, -0.15) is 0 Å². The molecule has 0 unspecified atom stereocenters. The summed E-state index contributed by atoms with van der Waals surface area (Å²) in [6.45, 7) is 1.14. The van der Waals surface area contributed by atoms with Crippen LogP contribution in [-0.2, 0) is 25.1 Å². The van der Waals surface area contributed by atoms with Crippen LogP contribution in [0.15, 0.2) is 24.3 Å². The summed E-state index contributed by atoms with van der Waals surface area (Å²) in [6, 6.07) is 5.57. The molecular formula is C18H28Cl2N2Na3O10P2. The summed E-state index contributed by atoms with van der Waals surface area (Å²) in [7, 11) is -11.3. The van der Waals surface area contributed by atoms with E-state index < -0.39 is 57.5 Å². The number of benzene rings is 1. The molecule has 0 bridgehead atoms. The van der Waals surface area contributed by atoms with E-state index in [1.165, 1.54) is 0 Å². The van der Waals surface area contributed by atoms with Crippen molar-refractivity contribution in [1.82, 2.24) is 5.32 Å². The maximum atomic E-state index is 12.1. The molecule has 197 valence electrons. The van der Waals surface area contributed by atoms with Crippen LogP contribution in [0.2, 0.25) is 0 Å². The molecule has 1 aromatic carbocycles. The molecule has 1 atom stereocenters. The van der Waals surface area contributed by atoms with Crippen molar-refractivity contribution in [3.8, 4) is 0 Å². The van der Waals surface area contributed by atoms with Gasteiger partial charge in [0.1, 0.15) is 6.04 Å². The topological polar surface area (TPSA) is 205 Å². The van der Waals surface area contributed by atoms with Crippen molar-refractivity contribution < 1.29 is 48.5 Å². The largest absolute Gasteiger partial charge is 0.480 e. The van der Waals surface area contributed by atoms with Crippen LogP contribution >= 0.6 is 38.4 Å². The van der Waals surface area contributed by atoms with E-state index in [0.717, 1.165) is 5.69 Å². The number of alkyl halides is 2. The van der Waals surface area contributed by atoms with Crippen LogP contribution in [0, 0.1) is 0 Å². The average molecular weight is 634 g/mol. The van der Waals surface area contributed by atoms with E-state index in [4.69, 9.17) is 42.8 Å². The standard InChI is InChI=1S/C18H28Cl2N2O10P2.3Na/c19-8-10-22(11-9-20)14-5-3-13(4-6-14)12-15(17(24)25)21-16(23)2-1-7-18(26,33(27,28)29)34(30,31)32;;;/h3-6,15,26H,1-2,7-12H2,(H,21,23)(H,24,25)(H2,27,28,29)(H2,30,31,32);;;/t15-;;;/m0.../s1. The van der Waals surface area contributed by atoms with Crippen molar-refractivity contribution in [2.24, 2.45) is 0 Å². The number of anilines is 1. The van der Waals surface area contributed by atoms with Crippen LogP contribution < -0.4 is 10.2 Å². The zero-order chi connectivity index (χ0) is 26.2. The molecule has 0 saturated heterocycles. The Labute approximate surface area is 291 Å². The maximum absolute atomic E-state index is 12.1. The number of nitrogens with one attached hydrogen (secondary N) is 1. The zero-order valence-corrected chi connectivity index (χ0v) is 30.3. The first-order valence-corrected chi connectivity index (χ1v) is 14.3. The number of carbonyl (C=O) groups is 2. The summed E-state index contributed by atoms with van der Waals surface area (Å²) in [4.78, 5) is 62.1. The molecule has 1 rings (SSSR count). The third-order valence-corrected chi connectivity index (χ3v) is 9.15. The predicted octanol–water partition coefficient (Wildman–Crippen LogP) is 0.112. The Balaban J connectivity index is -0.00000385. The molecule has 0 saturated carbocycles. The number of rotatable bonds is 15. The summed E-state index contributed by atoms with van der Waals surface area (Å²) < 4.78 is 22.7. The maximum Gasteiger partial charge on any atom is 0.369 e. The van der Waals surface area contributed by atoms with Gasteiger partial charge in [-0.1, -0.05) is 12.1 Å². The fraction of sp³-hybridized carbons (Fsp3) is 0.556. The Hall–Kier alpha value is 1.80. The summed E-state index contributed by atoms with van der Waals surface area (Å²) in [5.41, 5.74) is 1.44. The number of hydrogen-bond donors (Lipinski definition) is 7. The van der Waals surface area contributed by atoms with Crippen LogP contribution in [0.4, 0.5) is 5.69 Å². The van der Waals surface area contributed by atoms with Gasteiger partial charge in [-0.3, -0.25) is 13.9 Å². The number of carboxylic acid groups (broad SMARTS) is 1. The normalized spacial score (nSPS) is 12.3. The number of nitrogens with zero attached hydrogens (tertiary/aromatic N) is 1. The second-order valence-corrected chi connectivity index (χ2v) is 12.2. The predicted molar refractivity (Wildman–Crippen MR) is 144 cm³/mol. The molecule has 0 aliphatic heterocycles. The molecule has 1 amide bonds. The first-order chi connectivity index (χ1) is 15.7. The Bertz CT molecular complexity index is 909. The molecule has 0 spiro atoms. The van der Waals surface area contributed by atoms with Gasteiger partial charge in [0.05, 0.1) is 0 Å². The van der Waals surface area contributed by atoms with E-state index in [1.54, 1.807) is 24.3 Å². The van der Waals surface area contributed by atoms with Crippen molar-refractivity contribution in [1.29, 1.82) is 0 Å². The third-order valence-electron chi connectivity index (χ3n) is 4.93. The second-order valence-electron chi connectivity index (χ2n) is 7.41. The molecule has 0 heterocycles. The molecule has 12 nitrogen and oxygen atoms in total. The van der Waals surface area contributed by atoms with Crippen molar-refractivity contribution in [3.05, 3.63) is 29.8 Å². The van der Waals surface area contributed by atoms with Gasteiger partial charge in [0, 0.05) is 138 Å². The molecule has 0 fully saturated rings. The van der Waals surface area contributed by atoms with Crippen molar-refractivity contribution in [2.75, 3.05) is 29.7 Å². The summed E-state index contributed by atoms with van der Waals surface area (Å²) in [6.07, 6.45) is -2.19. The van der Waals surface area contributed by atoms with Crippen LogP contribution in [-0.4, -0.2) is 166 Å². The van der Waals surface area contributed by atoms with Gasteiger partial charge in [0.15, 0.2) is 0 Å². The molecule has 19 heteroatoms. The van der Waals surface area contributed by atoms with E-state index in [0.29, 0.717) is 30.4 Å². The van der Waals surface area contributed by atoms with E-state index in [-0.39, 0.29) is 95.1 Å². The quantitative estimate of drug-likeness (QED) is 0.0784. The monoisotopic (exact) mass is 633 g/mol. The van der Waals surface area contributed by atoms with Gasteiger partial charge in [0.2, 0.25) is 5.91 Å². The zero-order valence-electron chi connectivity index (χ0n) is 21.0. The molecule has 37 heavy (non-hydrogen) atoms. The van der Waals surface area contributed by atoms with Gasteiger partial charge in [0.25, 0.3) is 5.08 Å². The molecule has 0 aromatic heterocycles. The van der Waals surface area contributed by atoms with E-state index in [2.05, 4.69) is 5.32 Å². The molecule has 3 radical (unpaired) electrons. The fourth-order valence-electron chi connectivity index (χ4n) is 3.07. The van der Waals surface area contributed by atoms with Gasteiger partial charge in [-0.15, -0.1) is 23.2 Å². The molecule has 7 N–H and O–H groups in total. The minimum absolute atomic E-state index is 0. The Morgan fingerprint density at radius 3 is 1.78 bits per heavy atom. The van der Waals surface area contributed by atoms with Crippen LogP contribution in [0.1, 0.15) is 24.8 Å². The Morgan fingerprint density at radius 2 is 1.41 bits per heavy atom. The van der Waals surface area contributed by atoms with Gasteiger partial charge in [-0.05, 0) is 24.1 Å². The molecule has 0 aliphatic carbocycles. The van der Waals surface area contributed by atoms with Crippen LogP contribution in [0.25, 0.3) is 0 Å². The summed E-state index contributed by atoms with van der Waals surface area (Å²) >= 11 is 11.6. The van der Waals surface area contributed by atoms with Crippen LogP contribution in [0.5, 0.6) is 0 Å². The number of carboxylic acids is 1. The van der Waals surface area contributed by atoms with E-state index in [1.807, 2.05) is 4.90 Å². The van der Waals surface area contributed by atoms with E-state index >= 15 is 0 Å². The number of amides is 1. The second kappa shape index (κ2) is 19.8. The van der Waals surface area contributed by atoms with Crippen molar-refractivity contribution >= 4 is 145 Å². The molecular weight excluding hydrogens is 606 g/mol. The SMILES string of the molecule is O=C(CCCC(O)(P(=O)(O)O)P(=O)(O)O)N[C@@H](Cc1ccc(N(CCCl)CCCl)cc1)C(=O)O.[Na].[Na].[Na]. The number of hydrogen-bond acceptors (Lipinski definition) is 6. The molecule has 0 aliphatic rings. The van der Waals surface area contributed by atoms with E-state index in [9.17, 15) is 28.9 Å². The summed E-state index contributed by atoms with van der Waals surface area (Å²) in [5, 5.41) is 17.9. The summed E-state index contributed by atoms with van der Waals surface area (Å²) in [5.74, 6) is -1.37. The van der Waals surface area contributed by atoms with Gasteiger partial charge in [-0.25, -0.2) is 4.79 Å². The van der Waals surface area contributed by atoms with Gasteiger partial charge >= 0.3 is 21.2 Å². The number of carbonyl (C=O) groups excluding carboxylic acids is 1. The Kier molecular flexibility index (Phi) is 23.2. The first kappa shape index (κ1) is 43.3. The number of halogens is 2. The van der Waals surface area contributed by atoms with Crippen molar-refractivity contribution in [3.63, 3.8) is 0 Å². The van der Waals surface area contributed by atoms with Crippen LogP contribution in [0.3, 0.4) is 0 Å². The average Bonchev–Trinajstić information content (AvgIpc) is 2.72. The minimum atomic E-state index is -5.63. The van der Waals surface area contributed by atoms with Gasteiger partial charge < -0.3 is 40.0 Å². The number of aliphatic carboxylic acids is 1. The number of aliphatic hydroxyl groups is 1. The van der Waals surface area contributed by atoms with Crippen molar-refractivity contribution in [2.45, 2.75) is 36.8 Å². The molecule has 1 aromatic rings. The third kappa shape index (κ3) is 14.0. The minimum Gasteiger partial charge on any atom is -0.480 e. The first-order valence-electron chi connectivity index (χ1n) is 9.98. The Morgan fingerprint density at radius 1 is 0.946 bits per heavy atom. The fourth-order valence-corrected chi connectivity index (χ4v) is 5.73.